The van der Waals surface area contributed by atoms with Crippen LogP contribution >= 0.6 is 24.0 Å². The number of aryl methyl sites for hydroxylation is 1. The number of nitrogens with one attached hydrogen (secondary N) is 1. The SMILES string of the molecule is COCc1ccccc1NC(N)=NCCc1ccc(C)c(OC)c1.I. The molecule has 0 heterocycles. The smallest absolute Gasteiger partial charge is 0.193 e. The number of rotatable bonds is 7. The van der Waals surface area contributed by atoms with E-state index in [2.05, 4.69) is 22.4 Å². The first-order chi connectivity index (χ1) is 11.6. The van der Waals surface area contributed by atoms with Gasteiger partial charge in [-0.2, -0.15) is 0 Å². The molecule has 0 amide bonds. The Hall–Kier alpha value is -1.80. The van der Waals surface area contributed by atoms with Crippen molar-refractivity contribution in [3.8, 4) is 5.75 Å². The normalized spacial score (nSPS) is 10.9. The first-order valence-electron chi connectivity index (χ1n) is 7.91. The number of aliphatic imine (C=N–C) groups is 1. The zero-order chi connectivity index (χ0) is 17.4. The molecule has 3 N–H and O–H groups in total. The summed E-state index contributed by atoms with van der Waals surface area (Å²) < 4.78 is 10.5. The summed E-state index contributed by atoms with van der Waals surface area (Å²) in [5.41, 5.74) is 10.2. The standard InChI is InChI=1S/C19H25N3O2.HI/c1-14-8-9-15(12-18(14)24-3)10-11-21-19(20)22-17-7-5-4-6-16(17)13-23-2;/h4-9,12H,10-11,13H2,1-3H3,(H3,20,21,22);1H. The zero-order valence-electron chi connectivity index (χ0n) is 14.9. The number of hydrogen-bond acceptors (Lipinski definition) is 3. The van der Waals surface area contributed by atoms with Crippen molar-refractivity contribution in [1.82, 2.24) is 0 Å². The Bertz CT molecular complexity index is 705. The van der Waals surface area contributed by atoms with E-state index in [0.29, 0.717) is 19.1 Å². The van der Waals surface area contributed by atoms with Crippen LogP contribution in [0.25, 0.3) is 0 Å². The first kappa shape index (κ1) is 21.2. The van der Waals surface area contributed by atoms with Crippen LogP contribution in [0, 0.1) is 6.92 Å². The average molecular weight is 455 g/mol. The number of hydrogen-bond donors (Lipinski definition) is 2. The molecule has 0 aliphatic rings. The molecule has 0 radical (unpaired) electrons. The van der Waals surface area contributed by atoms with E-state index in [0.717, 1.165) is 29.0 Å². The van der Waals surface area contributed by atoms with E-state index in [4.69, 9.17) is 15.2 Å². The lowest BCUT2D eigenvalue weighted by Crippen LogP contribution is -2.23. The summed E-state index contributed by atoms with van der Waals surface area (Å²) in [4.78, 5) is 4.40. The van der Waals surface area contributed by atoms with E-state index >= 15 is 0 Å². The molecule has 6 heteroatoms. The number of nitrogens with zero attached hydrogens (tertiary/aromatic N) is 1. The topological polar surface area (TPSA) is 68.9 Å². The monoisotopic (exact) mass is 455 g/mol. The summed E-state index contributed by atoms with van der Waals surface area (Å²) in [6.45, 7) is 3.16. The number of ether oxygens (including phenoxy) is 2. The Morgan fingerprint density at radius 1 is 1.16 bits per heavy atom. The van der Waals surface area contributed by atoms with Crippen molar-refractivity contribution < 1.29 is 9.47 Å². The molecule has 0 aliphatic carbocycles. The number of nitrogens with two attached hydrogens (primary N) is 1. The molecule has 0 atom stereocenters. The van der Waals surface area contributed by atoms with E-state index in [9.17, 15) is 0 Å². The van der Waals surface area contributed by atoms with Gasteiger partial charge in [0.15, 0.2) is 5.96 Å². The van der Waals surface area contributed by atoms with Gasteiger partial charge in [0.1, 0.15) is 5.75 Å². The third-order valence-corrected chi connectivity index (χ3v) is 3.74. The Morgan fingerprint density at radius 3 is 2.64 bits per heavy atom. The van der Waals surface area contributed by atoms with Crippen molar-refractivity contribution in [2.24, 2.45) is 10.7 Å². The van der Waals surface area contributed by atoms with Crippen molar-refractivity contribution in [2.45, 2.75) is 20.0 Å². The molecule has 2 aromatic carbocycles. The van der Waals surface area contributed by atoms with Gasteiger partial charge in [0.05, 0.1) is 13.7 Å². The van der Waals surface area contributed by atoms with Gasteiger partial charge in [-0.25, -0.2) is 0 Å². The van der Waals surface area contributed by atoms with Crippen LogP contribution in [0.15, 0.2) is 47.5 Å². The van der Waals surface area contributed by atoms with Crippen LogP contribution in [0.1, 0.15) is 16.7 Å². The van der Waals surface area contributed by atoms with Crippen molar-refractivity contribution in [3.05, 3.63) is 59.2 Å². The van der Waals surface area contributed by atoms with Crippen molar-refractivity contribution >= 4 is 35.6 Å². The van der Waals surface area contributed by atoms with Crippen LogP contribution in [-0.2, 0) is 17.8 Å². The fourth-order valence-corrected chi connectivity index (χ4v) is 2.43. The largest absolute Gasteiger partial charge is 0.496 e. The van der Waals surface area contributed by atoms with Gasteiger partial charge in [-0.05, 0) is 36.6 Å². The number of benzene rings is 2. The number of methoxy groups -OCH3 is 2. The van der Waals surface area contributed by atoms with Crippen LogP contribution in [0.3, 0.4) is 0 Å². The number of guanidine groups is 1. The van der Waals surface area contributed by atoms with Gasteiger partial charge in [-0.15, -0.1) is 24.0 Å². The molecular weight excluding hydrogens is 429 g/mol. The fraction of sp³-hybridized carbons (Fsp3) is 0.316. The Balaban J connectivity index is 0.00000312. The summed E-state index contributed by atoms with van der Waals surface area (Å²) in [5, 5.41) is 3.14. The van der Waals surface area contributed by atoms with E-state index < -0.39 is 0 Å². The molecule has 0 aromatic heterocycles. The predicted octanol–water partition coefficient (Wildman–Crippen LogP) is 3.74. The average Bonchev–Trinajstić information content (AvgIpc) is 2.58. The second-order valence-electron chi connectivity index (χ2n) is 5.54. The molecule has 0 unspecified atom stereocenters. The maximum absolute atomic E-state index is 5.99. The molecular formula is C19H26IN3O2. The van der Waals surface area contributed by atoms with Gasteiger partial charge in [-0.1, -0.05) is 30.3 Å². The highest BCUT2D eigenvalue weighted by atomic mass is 127. The van der Waals surface area contributed by atoms with Gasteiger partial charge in [-0.3, -0.25) is 4.99 Å². The van der Waals surface area contributed by atoms with Gasteiger partial charge in [0.2, 0.25) is 0 Å². The first-order valence-corrected chi connectivity index (χ1v) is 7.91. The van der Waals surface area contributed by atoms with Crippen LogP contribution in [-0.4, -0.2) is 26.7 Å². The maximum atomic E-state index is 5.99. The van der Waals surface area contributed by atoms with Crippen LogP contribution in [0.2, 0.25) is 0 Å². The van der Waals surface area contributed by atoms with Crippen molar-refractivity contribution in [1.29, 1.82) is 0 Å². The van der Waals surface area contributed by atoms with Gasteiger partial charge in [0, 0.05) is 24.9 Å². The van der Waals surface area contributed by atoms with Crippen LogP contribution in [0.4, 0.5) is 5.69 Å². The van der Waals surface area contributed by atoms with Crippen molar-refractivity contribution in [3.63, 3.8) is 0 Å². The second-order valence-corrected chi connectivity index (χ2v) is 5.54. The third-order valence-electron chi connectivity index (χ3n) is 3.74. The predicted molar refractivity (Wildman–Crippen MR) is 114 cm³/mol. The quantitative estimate of drug-likeness (QED) is 0.379. The minimum absolute atomic E-state index is 0. The molecule has 0 saturated carbocycles. The zero-order valence-corrected chi connectivity index (χ0v) is 17.2. The van der Waals surface area contributed by atoms with E-state index in [1.54, 1.807) is 14.2 Å². The summed E-state index contributed by atoms with van der Waals surface area (Å²) in [5.74, 6) is 1.30. The Labute approximate surface area is 166 Å². The molecule has 0 aliphatic heterocycles. The van der Waals surface area contributed by atoms with Crippen molar-refractivity contribution in [2.75, 3.05) is 26.1 Å². The summed E-state index contributed by atoms with van der Waals surface area (Å²) >= 11 is 0. The highest BCUT2D eigenvalue weighted by molar-refractivity contribution is 14.0. The number of anilines is 1. The van der Waals surface area contributed by atoms with Gasteiger partial charge < -0.3 is 20.5 Å². The second kappa shape index (κ2) is 10.9. The molecule has 2 aromatic rings. The molecule has 5 nitrogen and oxygen atoms in total. The minimum atomic E-state index is 0. The van der Waals surface area contributed by atoms with E-state index in [-0.39, 0.29) is 24.0 Å². The molecule has 0 saturated heterocycles. The Morgan fingerprint density at radius 2 is 1.92 bits per heavy atom. The van der Waals surface area contributed by atoms with E-state index in [1.165, 1.54) is 5.56 Å². The lowest BCUT2D eigenvalue weighted by atomic mass is 10.1. The van der Waals surface area contributed by atoms with Gasteiger partial charge >= 0.3 is 0 Å². The maximum Gasteiger partial charge on any atom is 0.193 e. The highest BCUT2D eigenvalue weighted by Crippen LogP contribution is 2.19. The van der Waals surface area contributed by atoms with Crippen LogP contribution < -0.4 is 15.8 Å². The highest BCUT2D eigenvalue weighted by Gasteiger charge is 2.03. The third kappa shape index (κ3) is 6.55. The Kier molecular flexibility index (Phi) is 9.30. The molecule has 0 fully saturated rings. The number of para-hydroxylation sites is 1. The van der Waals surface area contributed by atoms with Crippen LogP contribution in [0.5, 0.6) is 5.75 Å². The summed E-state index contributed by atoms with van der Waals surface area (Å²) in [6.07, 6.45) is 0.804. The molecule has 2 rings (SSSR count). The minimum Gasteiger partial charge on any atom is -0.496 e. The number of halogens is 1. The molecule has 0 bridgehead atoms. The fourth-order valence-electron chi connectivity index (χ4n) is 2.43. The van der Waals surface area contributed by atoms with Gasteiger partial charge in [0.25, 0.3) is 0 Å². The summed E-state index contributed by atoms with van der Waals surface area (Å²) in [7, 11) is 3.35. The van der Waals surface area contributed by atoms with E-state index in [1.807, 2.05) is 37.3 Å². The molecule has 0 spiro atoms. The molecule has 25 heavy (non-hydrogen) atoms. The molecule has 136 valence electrons. The summed E-state index contributed by atoms with van der Waals surface area (Å²) in [6, 6.07) is 14.1. The lowest BCUT2D eigenvalue weighted by Gasteiger charge is -2.11. The lowest BCUT2D eigenvalue weighted by molar-refractivity contribution is 0.185.